The molecule has 3 rings (SSSR count). The first-order valence-corrected chi connectivity index (χ1v) is 7.93. The molecule has 0 aliphatic heterocycles. The molecule has 1 N–H and O–H groups in total. The first-order chi connectivity index (χ1) is 9.75. The van der Waals surface area contributed by atoms with E-state index in [-0.39, 0.29) is 0 Å². The van der Waals surface area contributed by atoms with E-state index in [1.165, 1.54) is 21.3 Å². The van der Waals surface area contributed by atoms with Crippen LogP contribution in [0.1, 0.15) is 24.2 Å². The quantitative estimate of drug-likeness (QED) is 0.745. The van der Waals surface area contributed by atoms with Gasteiger partial charge in [-0.2, -0.15) is 0 Å². The Bertz CT molecular complexity index is 696. The van der Waals surface area contributed by atoms with Crippen molar-refractivity contribution in [1.82, 2.24) is 9.88 Å². The van der Waals surface area contributed by atoms with Gasteiger partial charge in [0.05, 0.1) is 0 Å². The number of hydrogen-bond acceptors (Lipinski definition) is 2. The highest BCUT2D eigenvalue weighted by atomic mass is 32.1. The third-order valence-corrected chi connectivity index (χ3v) is 4.84. The van der Waals surface area contributed by atoms with Gasteiger partial charge in [-0.25, -0.2) is 0 Å². The molecule has 0 aliphatic rings. The standard InChI is InChI=1S/C17H20N2S/c1-13(18-10-9-14-6-5-11-19(14)2)16-12-20-17-8-4-3-7-15(16)17/h3-8,11-13,18H,9-10H2,1-2H3. The number of hydrogen-bond donors (Lipinski definition) is 1. The molecule has 0 spiro atoms. The molecule has 0 saturated carbocycles. The summed E-state index contributed by atoms with van der Waals surface area (Å²) in [6, 6.07) is 13.3. The van der Waals surface area contributed by atoms with Crippen LogP contribution < -0.4 is 5.32 Å². The van der Waals surface area contributed by atoms with Gasteiger partial charge in [-0.05, 0) is 41.5 Å². The van der Waals surface area contributed by atoms with E-state index in [1.807, 2.05) is 11.3 Å². The Morgan fingerprint density at radius 3 is 2.85 bits per heavy atom. The highest BCUT2D eigenvalue weighted by Crippen LogP contribution is 2.29. The van der Waals surface area contributed by atoms with E-state index in [9.17, 15) is 0 Å². The van der Waals surface area contributed by atoms with Crippen LogP contribution in [-0.4, -0.2) is 11.1 Å². The highest BCUT2D eigenvalue weighted by Gasteiger charge is 2.10. The third-order valence-electron chi connectivity index (χ3n) is 3.86. The summed E-state index contributed by atoms with van der Waals surface area (Å²) in [5.74, 6) is 0. The summed E-state index contributed by atoms with van der Waals surface area (Å²) in [7, 11) is 2.10. The Hall–Kier alpha value is -1.58. The number of rotatable bonds is 5. The number of aryl methyl sites for hydroxylation is 1. The van der Waals surface area contributed by atoms with E-state index in [4.69, 9.17) is 0 Å². The molecule has 0 fully saturated rings. The maximum Gasteiger partial charge on any atom is 0.0346 e. The average Bonchev–Trinajstić information content (AvgIpc) is 3.05. The Kier molecular flexibility index (Phi) is 3.90. The largest absolute Gasteiger partial charge is 0.354 e. The fraction of sp³-hybridized carbons (Fsp3) is 0.294. The van der Waals surface area contributed by atoms with Crippen LogP contribution in [0.5, 0.6) is 0 Å². The summed E-state index contributed by atoms with van der Waals surface area (Å²) in [5, 5.41) is 7.30. The molecular weight excluding hydrogens is 264 g/mol. The first-order valence-electron chi connectivity index (χ1n) is 7.05. The lowest BCUT2D eigenvalue weighted by molar-refractivity contribution is 0.573. The summed E-state index contributed by atoms with van der Waals surface area (Å²) in [4.78, 5) is 0. The summed E-state index contributed by atoms with van der Waals surface area (Å²) >= 11 is 1.83. The van der Waals surface area contributed by atoms with Crippen LogP contribution in [0.4, 0.5) is 0 Å². The summed E-state index contributed by atoms with van der Waals surface area (Å²) in [6.07, 6.45) is 3.17. The molecule has 3 heteroatoms. The van der Waals surface area contributed by atoms with E-state index in [2.05, 4.69) is 71.8 Å². The molecule has 2 heterocycles. The monoisotopic (exact) mass is 284 g/mol. The van der Waals surface area contributed by atoms with Crippen molar-refractivity contribution in [1.29, 1.82) is 0 Å². The normalized spacial score (nSPS) is 12.9. The van der Waals surface area contributed by atoms with Crippen LogP contribution in [0.3, 0.4) is 0 Å². The zero-order chi connectivity index (χ0) is 13.9. The first kappa shape index (κ1) is 13.4. The van der Waals surface area contributed by atoms with Gasteiger partial charge in [0.25, 0.3) is 0 Å². The zero-order valence-corrected chi connectivity index (χ0v) is 12.8. The number of thiophene rings is 1. The van der Waals surface area contributed by atoms with Gasteiger partial charge in [0.1, 0.15) is 0 Å². The van der Waals surface area contributed by atoms with Gasteiger partial charge < -0.3 is 9.88 Å². The second kappa shape index (κ2) is 5.81. The summed E-state index contributed by atoms with van der Waals surface area (Å²) in [6.45, 7) is 3.25. The SMILES string of the molecule is CC(NCCc1cccn1C)c1csc2ccccc12. The Morgan fingerprint density at radius 1 is 1.20 bits per heavy atom. The maximum atomic E-state index is 3.64. The minimum Gasteiger partial charge on any atom is -0.354 e. The van der Waals surface area contributed by atoms with Gasteiger partial charge in [-0.15, -0.1) is 11.3 Å². The Morgan fingerprint density at radius 2 is 2.05 bits per heavy atom. The summed E-state index contributed by atoms with van der Waals surface area (Å²) in [5.41, 5.74) is 2.79. The molecular formula is C17H20N2S. The Balaban J connectivity index is 1.64. The lowest BCUT2D eigenvalue weighted by Crippen LogP contribution is -2.21. The van der Waals surface area contributed by atoms with Gasteiger partial charge in [0.2, 0.25) is 0 Å². The minimum atomic E-state index is 0.395. The topological polar surface area (TPSA) is 17.0 Å². The minimum absolute atomic E-state index is 0.395. The predicted octanol–water partition coefficient (Wildman–Crippen LogP) is 4.13. The van der Waals surface area contributed by atoms with Crippen LogP contribution in [-0.2, 0) is 13.5 Å². The van der Waals surface area contributed by atoms with Crippen molar-refractivity contribution in [3.63, 3.8) is 0 Å². The van der Waals surface area contributed by atoms with Gasteiger partial charge in [-0.1, -0.05) is 18.2 Å². The van der Waals surface area contributed by atoms with Gasteiger partial charge in [0, 0.05) is 42.6 Å². The Labute approximate surface area is 124 Å². The molecule has 3 aromatic rings. The van der Waals surface area contributed by atoms with Crippen molar-refractivity contribution < 1.29 is 0 Å². The second-order valence-electron chi connectivity index (χ2n) is 5.22. The van der Waals surface area contributed by atoms with Crippen LogP contribution in [0.15, 0.2) is 48.0 Å². The number of benzene rings is 1. The van der Waals surface area contributed by atoms with Crippen molar-refractivity contribution in [3.05, 3.63) is 59.2 Å². The number of aromatic nitrogens is 1. The van der Waals surface area contributed by atoms with E-state index >= 15 is 0 Å². The maximum absolute atomic E-state index is 3.64. The van der Waals surface area contributed by atoms with Crippen LogP contribution in [0.2, 0.25) is 0 Å². The fourth-order valence-corrected chi connectivity index (χ4v) is 3.67. The van der Waals surface area contributed by atoms with Gasteiger partial charge >= 0.3 is 0 Å². The van der Waals surface area contributed by atoms with E-state index < -0.39 is 0 Å². The smallest absolute Gasteiger partial charge is 0.0346 e. The van der Waals surface area contributed by atoms with Gasteiger partial charge in [0.15, 0.2) is 0 Å². The molecule has 20 heavy (non-hydrogen) atoms. The van der Waals surface area contributed by atoms with Gasteiger partial charge in [-0.3, -0.25) is 0 Å². The molecule has 0 amide bonds. The van der Waals surface area contributed by atoms with E-state index in [1.54, 1.807) is 0 Å². The summed E-state index contributed by atoms with van der Waals surface area (Å²) < 4.78 is 3.56. The molecule has 1 atom stereocenters. The predicted molar refractivity (Wildman–Crippen MR) is 87.4 cm³/mol. The van der Waals surface area contributed by atoms with E-state index in [0.29, 0.717) is 6.04 Å². The van der Waals surface area contributed by atoms with Crippen LogP contribution in [0, 0.1) is 0 Å². The lowest BCUT2D eigenvalue weighted by atomic mass is 10.1. The molecule has 1 aromatic carbocycles. The number of fused-ring (bicyclic) bond motifs is 1. The second-order valence-corrected chi connectivity index (χ2v) is 6.13. The fourth-order valence-electron chi connectivity index (χ4n) is 2.62. The van der Waals surface area contributed by atoms with E-state index in [0.717, 1.165) is 13.0 Å². The molecule has 2 nitrogen and oxygen atoms in total. The zero-order valence-electron chi connectivity index (χ0n) is 12.0. The molecule has 1 unspecified atom stereocenters. The van der Waals surface area contributed by atoms with Crippen molar-refractivity contribution in [3.8, 4) is 0 Å². The molecule has 0 radical (unpaired) electrons. The molecule has 0 bridgehead atoms. The van der Waals surface area contributed by atoms with Crippen LogP contribution >= 0.6 is 11.3 Å². The lowest BCUT2D eigenvalue weighted by Gasteiger charge is -2.13. The van der Waals surface area contributed by atoms with Crippen molar-refractivity contribution in [2.45, 2.75) is 19.4 Å². The van der Waals surface area contributed by atoms with Crippen molar-refractivity contribution in [2.24, 2.45) is 7.05 Å². The van der Waals surface area contributed by atoms with Crippen molar-refractivity contribution >= 4 is 21.4 Å². The number of nitrogens with zero attached hydrogens (tertiary/aromatic N) is 1. The van der Waals surface area contributed by atoms with Crippen molar-refractivity contribution in [2.75, 3.05) is 6.54 Å². The average molecular weight is 284 g/mol. The number of nitrogens with one attached hydrogen (secondary N) is 1. The molecule has 2 aromatic heterocycles. The van der Waals surface area contributed by atoms with Crippen LogP contribution in [0.25, 0.3) is 10.1 Å². The molecule has 0 aliphatic carbocycles. The highest BCUT2D eigenvalue weighted by molar-refractivity contribution is 7.17. The molecule has 0 saturated heterocycles. The molecule has 104 valence electrons. The third kappa shape index (κ3) is 2.65.